The minimum atomic E-state index is -1.07. The van der Waals surface area contributed by atoms with Crippen LogP contribution in [-0.2, 0) is 14.3 Å². The highest BCUT2D eigenvalue weighted by Gasteiger charge is 2.58. The Hall–Kier alpha value is -0.450. The average Bonchev–Trinajstić information content (AvgIpc) is 2.32. The number of fused-ring (bicyclic) bond motifs is 1. The molecular weight excluding hydrogens is 172 g/mol. The van der Waals surface area contributed by atoms with E-state index in [9.17, 15) is 9.90 Å². The monoisotopic (exact) mass is 186 g/mol. The summed E-state index contributed by atoms with van der Waals surface area (Å²) in [5, 5.41) is 9.84. The van der Waals surface area contributed by atoms with Gasteiger partial charge in [-0.25, -0.2) is 0 Å². The van der Waals surface area contributed by atoms with Crippen molar-refractivity contribution >= 4 is 5.78 Å². The van der Waals surface area contributed by atoms with Crippen LogP contribution < -0.4 is 0 Å². The zero-order valence-corrected chi connectivity index (χ0v) is 8.03. The van der Waals surface area contributed by atoms with Crippen molar-refractivity contribution in [3.05, 3.63) is 0 Å². The zero-order valence-electron chi connectivity index (χ0n) is 8.03. The second kappa shape index (κ2) is 2.32. The molecule has 0 amide bonds. The molecule has 2 aliphatic rings. The summed E-state index contributed by atoms with van der Waals surface area (Å²) in [6.45, 7) is 5.10. The Morgan fingerprint density at radius 3 is 2.54 bits per heavy atom. The van der Waals surface area contributed by atoms with E-state index >= 15 is 0 Å². The maximum absolute atomic E-state index is 11.4. The summed E-state index contributed by atoms with van der Waals surface area (Å²) in [5.74, 6) is -0.823. The molecule has 0 aromatic carbocycles. The van der Waals surface area contributed by atoms with E-state index in [1.54, 1.807) is 20.8 Å². The van der Waals surface area contributed by atoms with E-state index in [2.05, 4.69) is 0 Å². The lowest BCUT2D eigenvalue weighted by molar-refractivity contribution is -0.177. The van der Waals surface area contributed by atoms with Gasteiger partial charge in [0.15, 0.2) is 11.6 Å². The van der Waals surface area contributed by atoms with Gasteiger partial charge in [-0.2, -0.15) is 0 Å². The molecule has 0 spiro atoms. The lowest BCUT2D eigenvalue weighted by Crippen LogP contribution is -2.38. The Kier molecular flexibility index (Phi) is 1.63. The Bertz CT molecular complexity index is 256. The van der Waals surface area contributed by atoms with Crippen molar-refractivity contribution in [1.29, 1.82) is 0 Å². The largest absolute Gasteiger partial charge is 0.387 e. The Morgan fingerprint density at radius 1 is 1.38 bits per heavy atom. The van der Waals surface area contributed by atoms with Crippen LogP contribution >= 0.6 is 0 Å². The molecule has 1 aliphatic carbocycles. The minimum absolute atomic E-state index is 0.0689. The van der Waals surface area contributed by atoms with Gasteiger partial charge in [-0.3, -0.25) is 4.79 Å². The third kappa shape index (κ3) is 1.29. The van der Waals surface area contributed by atoms with Crippen molar-refractivity contribution in [1.82, 2.24) is 0 Å². The number of aliphatic hydroxyl groups is 1. The molecule has 0 unspecified atom stereocenters. The zero-order chi connectivity index (χ0) is 9.85. The molecule has 1 N–H and O–H groups in total. The number of carbonyl (C=O) groups excluding carboxylic acids is 1. The number of ether oxygens (including phenoxy) is 2. The Balaban J connectivity index is 2.28. The lowest BCUT2D eigenvalue weighted by atomic mass is 10.0. The number of Topliss-reactive ketones (excluding diaryl/α,β-unsaturated/α-hetero) is 1. The predicted octanol–water partition coefficient (Wildman–Crippen LogP) is 0.230. The number of carbonyl (C=O) groups is 1. The van der Waals surface area contributed by atoms with Crippen molar-refractivity contribution in [3.8, 4) is 0 Å². The number of hydrogen-bond donors (Lipinski definition) is 1. The highest BCUT2D eigenvalue weighted by Crippen LogP contribution is 2.41. The molecular formula is C9H14O4. The van der Waals surface area contributed by atoms with E-state index in [1.165, 1.54) is 0 Å². The van der Waals surface area contributed by atoms with Crippen molar-refractivity contribution in [3.63, 3.8) is 0 Å². The molecule has 74 valence electrons. The van der Waals surface area contributed by atoms with Crippen LogP contribution in [0.15, 0.2) is 0 Å². The first-order valence-corrected chi connectivity index (χ1v) is 4.43. The third-order valence-electron chi connectivity index (χ3n) is 2.56. The highest BCUT2D eigenvalue weighted by atomic mass is 16.8. The van der Waals surface area contributed by atoms with Gasteiger partial charge < -0.3 is 14.6 Å². The van der Waals surface area contributed by atoms with Crippen molar-refractivity contribution in [2.75, 3.05) is 0 Å². The van der Waals surface area contributed by atoms with Gasteiger partial charge in [0.2, 0.25) is 0 Å². The van der Waals surface area contributed by atoms with E-state index in [0.29, 0.717) is 0 Å². The van der Waals surface area contributed by atoms with Crippen molar-refractivity contribution < 1.29 is 19.4 Å². The molecule has 2 fully saturated rings. The van der Waals surface area contributed by atoms with Crippen molar-refractivity contribution in [2.45, 2.75) is 50.8 Å². The summed E-state index contributed by atoms with van der Waals surface area (Å²) in [5.41, 5.74) is -1.07. The SMILES string of the molecule is CC1(C)O[C@@H]2C(=O)C[C@](C)(O)[C@@H]2O1. The van der Waals surface area contributed by atoms with Gasteiger partial charge in [0.1, 0.15) is 12.2 Å². The first kappa shape index (κ1) is 9.12. The third-order valence-corrected chi connectivity index (χ3v) is 2.56. The maximum atomic E-state index is 11.4. The Morgan fingerprint density at radius 2 is 2.00 bits per heavy atom. The molecule has 2 rings (SSSR count). The molecule has 0 bridgehead atoms. The summed E-state index contributed by atoms with van der Waals surface area (Å²) in [6.07, 6.45) is -0.960. The fourth-order valence-corrected chi connectivity index (χ4v) is 2.00. The van der Waals surface area contributed by atoms with Gasteiger partial charge in [-0.1, -0.05) is 0 Å². The normalized spacial score (nSPS) is 48.2. The van der Waals surface area contributed by atoms with E-state index in [-0.39, 0.29) is 12.2 Å². The van der Waals surface area contributed by atoms with Crippen LogP contribution in [0.4, 0.5) is 0 Å². The molecule has 1 saturated heterocycles. The van der Waals surface area contributed by atoms with Crippen LogP contribution in [0.25, 0.3) is 0 Å². The van der Waals surface area contributed by atoms with Gasteiger partial charge in [0.25, 0.3) is 0 Å². The molecule has 0 radical (unpaired) electrons. The van der Waals surface area contributed by atoms with E-state index in [1.807, 2.05) is 0 Å². The molecule has 1 saturated carbocycles. The van der Waals surface area contributed by atoms with Crippen LogP contribution in [0.5, 0.6) is 0 Å². The van der Waals surface area contributed by atoms with Crippen LogP contribution in [0, 0.1) is 0 Å². The highest BCUT2D eigenvalue weighted by molar-refractivity contribution is 5.88. The van der Waals surface area contributed by atoms with Crippen LogP contribution in [0.2, 0.25) is 0 Å². The number of rotatable bonds is 0. The van der Waals surface area contributed by atoms with Crippen molar-refractivity contribution in [2.24, 2.45) is 0 Å². The van der Waals surface area contributed by atoms with Crippen LogP contribution in [0.3, 0.4) is 0 Å². The molecule has 4 nitrogen and oxygen atoms in total. The summed E-state index contributed by atoms with van der Waals surface area (Å²) >= 11 is 0. The lowest BCUT2D eigenvalue weighted by Gasteiger charge is -2.25. The first-order chi connectivity index (χ1) is 5.82. The summed E-state index contributed by atoms with van der Waals surface area (Å²) in [7, 11) is 0. The van der Waals surface area contributed by atoms with E-state index in [4.69, 9.17) is 9.47 Å². The van der Waals surface area contributed by atoms with Crippen LogP contribution in [0.1, 0.15) is 27.2 Å². The number of ketones is 1. The number of hydrogen-bond acceptors (Lipinski definition) is 4. The molecule has 1 aliphatic heterocycles. The van der Waals surface area contributed by atoms with Gasteiger partial charge in [-0.05, 0) is 20.8 Å². The summed E-state index contributed by atoms with van der Waals surface area (Å²) < 4.78 is 10.9. The molecule has 4 heteroatoms. The maximum Gasteiger partial charge on any atom is 0.167 e. The van der Waals surface area contributed by atoms with Gasteiger partial charge >= 0.3 is 0 Å². The fourth-order valence-electron chi connectivity index (χ4n) is 2.00. The Labute approximate surface area is 76.8 Å². The molecule has 3 atom stereocenters. The average molecular weight is 186 g/mol. The topological polar surface area (TPSA) is 55.8 Å². The van der Waals surface area contributed by atoms with E-state index in [0.717, 1.165) is 0 Å². The molecule has 0 aromatic rings. The predicted molar refractivity (Wildman–Crippen MR) is 44.1 cm³/mol. The molecule has 13 heavy (non-hydrogen) atoms. The standard InChI is InChI=1S/C9H14O4/c1-8(2)12-6-5(10)4-9(3,11)7(6)13-8/h6-7,11H,4H2,1-3H3/t6-,7-,9+/m1/s1. The fraction of sp³-hybridized carbons (Fsp3) is 0.889. The second-order valence-electron chi connectivity index (χ2n) is 4.48. The molecule has 1 heterocycles. The van der Waals surface area contributed by atoms with Gasteiger partial charge in [-0.15, -0.1) is 0 Å². The first-order valence-electron chi connectivity index (χ1n) is 4.43. The van der Waals surface area contributed by atoms with Gasteiger partial charge in [0.05, 0.1) is 5.60 Å². The van der Waals surface area contributed by atoms with E-state index < -0.39 is 23.6 Å². The minimum Gasteiger partial charge on any atom is -0.387 e. The smallest absolute Gasteiger partial charge is 0.167 e. The van der Waals surface area contributed by atoms with Gasteiger partial charge in [0, 0.05) is 6.42 Å². The summed E-state index contributed by atoms with van der Waals surface area (Å²) in [6, 6.07) is 0. The van der Waals surface area contributed by atoms with Crippen LogP contribution in [-0.4, -0.2) is 34.5 Å². The second-order valence-corrected chi connectivity index (χ2v) is 4.48. The quantitative estimate of drug-likeness (QED) is 0.588. The molecule has 0 aromatic heterocycles. The summed E-state index contributed by atoms with van der Waals surface area (Å²) in [4.78, 5) is 11.4.